The number of nitrogens with zero attached hydrogens (tertiary/aromatic N) is 1. The molecule has 0 atom stereocenters. The molecule has 0 fully saturated rings. The average Bonchev–Trinajstić information content (AvgIpc) is 2.68. The van der Waals surface area contributed by atoms with Crippen LogP contribution in [0.3, 0.4) is 0 Å². The Balaban J connectivity index is 1.50. The van der Waals surface area contributed by atoms with E-state index in [2.05, 4.69) is 26.2 Å². The van der Waals surface area contributed by atoms with E-state index in [-0.39, 0.29) is 5.91 Å². The van der Waals surface area contributed by atoms with Crippen molar-refractivity contribution in [3.05, 3.63) is 64.8 Å². The van der Waals surface area contributed by atoms with Gasteiger partial charge >= 0.3 is 0 Å². The average molecular weight is 415 g/mol. The number of amides is 1. The summed E-state index contributed by atoms with van der Waals surface area (Å²) < 4.78 is 11.7. The largest absolute Gasteiger partial charge is 0.497 e. The number of aromatic nitrogens is 1. The standard InChI is InChI=1S/C20H19BrN2O3/c1-25-15-8-9-17(21)16(13-15)20(24)23-11-4-12-26-18-7-2-5-14-6-3-10-22-19(14)18/h2-3,5-10,13H,4,11-12H2,1H3,(H,23,24). The summed E-state index contributed by atoms with van der Waals surface area (Å²) in [6.45, 7) is 1.01. The number of fused-ring (bicyclic) bond motifs is 1. The fraction of sp³-hybridized carbons (Fsp3) is 0.200. The Morgan fingerprint density at radius 1 is 1.19 bits per heavy atom. The molecule has 26 heavy (non-hydrogen) atoms. The summed E-state index contributed by atoms with van der Waals surface area (Å²) in [6.07, 6.45) is 2.44. The van der Waals surface area contributed by atoms with E-state index in [9.17, 15) is 4.79 Å². The molecule has 0 bridgehead atoms. The Kier molecular flexibility index (Phi) is 6.07. The summed E-state index contributed by atoms with van der Waals surface area (Å²) in [5.41, 5.74) is 1.39. The van der Waals surface area contributed by atoms with Crippen LogP contribution in [0.2, 0.25) is 0 Å². The number of hydrogen-bond donors (Lipinski definition) is 1. The van der Waals surface area contributed by atoms with E-state index < -0.39 is 0 Å². The van der Waals surface area contributed by atoms with Gasteiger partial charge in [-0.25, -0.2) is 0 Å². The van der Waals surface area contributed by atoms with Gasteiger partial charge in [-0.2, -0.15) is 0 Å². The van der Waals surface area contributed by atoms with Gasteiger partial charge in [0.15, 0.2) is 0 Å². The smallest absolute Gasteiger partial charge is 0.252 e. The molecule has 1 heterocycles. The summed E-state index contributed by atoms with van der Waals surface area (Å²) in [6, 6.07) is 15.1. The van der Waals surface area contributed by atoms with Crippen molar-refractivity contribution in [2.75, 3.05) is 20.3 Å². The first-order valence-electron chi connectivity index (χ1n) is 8.27. The van der Waals surface area contributed by atoms with Gasteiger partial charge < -0.3 is 14.8 Å². The number of halogens is 1. The Morgan fingerprint density at radius 3 is 2.88 bits per heavy atom. The van der Waals surface area contributed by atoms with Crippen LogP contribution in [0.25, 0.3) is 10.9 Å². The normalized spacial score (nSPS) is 10.5. The predicted octanol–water partition coefficient (Wildman–Crippen LogP) is 4.20. The highest BCUT2D eigenvalue weighted by molar-refractivity contribution is 9.10. The maximum atomic E-state index is 12.3. The maximum absolute atomic E-state index is 12.3. The highest BCUT2D eigenvalue weighted by Crippen LogP contribution is 2.23. The van der Waals surface area contributed by atoms with Crippen molar-refractivity contribution >= 4 is 32.7 Å². The molecular weight excluding hydrogens is 396 g/mol. The second kappa shape index (κ2) is 8.67. The van der Waals surface area contributed by atoms with Gasteiger partial charge in [-0.1, -0.05) is 18.2 Å². The maximum Gasteiger partial charge on any atom is 0.252 e. The van der Waals surface area contributed by atoms with Crippen LogP contribution in [0.1, 0.15) is 16.8 Å². The van der Waals surface area contributed by atoms with Crippen molar-refractivity contribution in [2.45, 2.75) is 6.42 Å². The lowest BCUT2D eigenvalue weighted by Gasteiger charge is -2.10. The van der Waals surface area contributed by atoms with E-state index in [1.54, 1.807) is 31.5 Å². The predicted molar refractivity (Wildman–Crippen MR) is 105 cm³/mol. The quantitative estimate of drug-likeness (QED) is 0.588. The van der Waals surface area contributed by atoms with Crippen LogP contribution in [0.5, 0.6) is 11.5 Å². The van der Waals surface area contributed by atoms with E-state index in [0.29, 0.717) is 30.9 Å². The number of carbonyl (C=O) groups is 1. The molecule has 0 aliphatic rings. The van der Waals surface area contributed by atoms with Gasteiger partial charge in [-0.05, 0) is 52.7 Å². The van der Waals surface area contributed by atoms with Gasteiger partial charge in [0.05, 0.1) is 19.3 Å². The molecule has 0 saturated carbocycles. The van der Waals surface area contributed by atoms with Crippen LogP contribution in [0.15, 0.2) is 59.2 Å². The number of methoxy groups -OCH3 is 1. The molecule has 0 unspecified atom stereocenters. The van der Waals surface area contributed by atoms with Crippen molar-refractivity contribution in [1.29, 1.82) is 0 Å². The zero-order valence-corrected chi connectivity index (χ0v) is 16.0. The summed E-state index contributed by atoms with van der Waals surface area (Å²) in [4.78, 5) is 16.7. The van der Waals surface area contributed by atoms with E-state index >= 15 is 0 Å². The minimum absolute atomic E-state index is 0.150. The third-order valence-corrected chi connectivity index (χ3v) is 4.57. The van der Waals surface area contributed by atoms with Crippen molar-refractivity contribution in [3.8, 4) is 11.5 Å². The van der Waals surface area contributed by atoms with E-state index in [0.717, 1.165) is 21.1 Å². The number of nitrogens with one attached hydrogen (secondary N) is 1. The van der Waals surface area contributed by atoms with Gasteiger partial charge in [-0.15, -0.1) is 0 Å². The lowest BCUT2D eigenvalue weighted by atomic mass is 10.2. The van der Waals surface area contributed by atoms with Crippen molar-refractivity contribution in [1.82, 2.24) is 10.3 Å². The monoisotopic (exact) mass is 414 g/mol. The zero-order chi connectivity index (χ0) is 18.4. The summed E-state index contributed by atoms with van der Waals surface area (Å²) in [5.74, 6) is 1.25. The summed E-state index contributed by atoms with van der Waals surface area (Å²) >= 11 is 3.39. The fourth-order valence-electron chi connectivity index (χ4n) is 2.55. The Bertz CT molecular complexity index is 909. The molecule has 1 amide bonds. The lowest BCUT2D eigenvalue weighted by molar-refractivity contribution is 0.0950. The number of para-hydroxylation sites is 1. The van der Waals surface area contributed by atoms with Gasteiger partial charge in [0.25, 0.3) is 5.91 Å². The Hall–Kier alpha value is -2.60. The summed E-state index contributed by atoms with van der Waals surface area (Å²) in [7, 11) is 1.57. The second-order valence-electron chi connectivity index (χ2n) is 5.63. The molecule has 1 aromatic heterocycles. The number of hydrogen-bond acceptors (Lipinski definition) is 4. The molecule has 0 aliphatic carbocycles. The lowest BCUT2D eigenvalue weighted by Crippen LogP contribution is -2.26. The molecule has 0 spiro atoms. The van der Waals surface area contributed by atoms with Gasteiger partial charge in [0.2, 0.25) is 0 Å². The van der Waals surface area contributed by atoms with Gasteiger partial charge in [0, 0.05) is 22.6 Å². The first kappa shape index (κ1) is 18.2. The highest BCUT2D eigenvalue weighted by Gasteiger charge is 2.11. The molecule has 1 N–H and O–H groups in total. The second-order valence-corrected chi connectivity index (χ2v) is 6.49. The van der Waals surface area contributed by atoms with Crippen molar-refractivity contribution in [2.24, 2.45) is 0 Å². The van der Waals surface area contributed by atoms with E-state index in [1.165, 1.54) is 0 Å². The van der Waals surface area contributed by atoms with Crippen LogP contribution in [0.4, 0.5) is 0 Å². The number of benzene rings is 2. The minimum atomic E-state index is -0.150. The molecule has 0 radical (unpaired) electrons. The molecule has 2 aromatic carbocycles. The number of pyridine rings is 1. The van der Waals surface area contributed by atoms with Crippen molar-refractivity contribution < 1.29 is 14.3 Å². The molecule has 134 valence electrons. The van der Waals surface area contributed by atoms with Crippen LogP contribution in [0, 0.1) is 0 Å². The third kappa shape index (κ3) is 4.32. The van der Waals surface area contributed by atoms with Crippen molar-refractivity contribution in [3.63, 3.8) is 0 Å². The molecule has 0 saturated heterocycles. The zero-order valence-electron chi connectivity index (χ0n) is 14.4. The van der Waals surface area contributed by atoms with E-state index in [4.69, 9.17) is 9.47 Å². The Labute approximate surface area is 160 Å². The number of rotatable bonds is 7. The van der Waals surface area contributed by atoms with E-state index in [1.807, 2.05) is 30.3 Å². The molecule has 0 aliphatic heterocycles. The summed E-state index contributed by atoms with van der Waals surface area (Å²) in [5, 5.41) is 3.94. The number of carbonyl (C=O) groups excluding carboxylic acids is 1. The van der Waals surface area contributed by atoms with Crippen LogP contribution < -0.4 is 14.8 Å². The topological polar surface area (TPSA) is 60.5 Å². The first-order valence-corrected chi connectivity index (χ1v) is 9.06. The molecule has 3 aromatic rings. The molecule has 3 rings (SSSR count). The van der Waals surface area contributed by atoms with Crippen LogP contribution in [-0.4, -0.2) is 31.2 Å². The SMILES string of the molecule is COc1ccc(Br)c(C(=O)NCCCOc2cccc3cccnc23)c1. The third-order valence-electron chi connectivity index (χ3n) is 3.88. The molecular formula is C20H19BrN2O3. The van der Waals surface area contributed by atoms with Crippen LogP contribution >= 0.6 is 15.9 Å². The Morgan fingerprint density at radius 2 is 2.04 bits per heavy atom. The molecule has 5 nitrogen and oxygen atoms in total. The van der Waals surface area contributed by atoms with Gasteiger partial charge in [0.1, 0.15) is 17.0 Å². The highest BCUT2D eigenvalue weighted by atomic mass is 79.9. The minimum Gasteiger partial charge on any atom is -0.497 e. The first-order chi connectivity index (χ1) is 12.7. The van der Waals surface area contributed by atoms with Crippen LogP contribution in [-0.2, 0) is 0 Å². The van der Waals surface area contributed by atoms with Gasteiger partial charge in [-0.3, -0.25) is 9.78 Å². The number of ether oxygens (including phenoxy) is 2. The molecule has 6 heteroatoms. The fourth-order valence-corrected chi connectivity index (χ4v) is 2.98.